The largest absolute Gasteiger partial charge is 0.349 e. The van der Waals surface area contributed by atoms with Crippen LogP contribution in [0.5, 0.6) is 0 Å². The van der Waals surface area contributed by atoms with E-state index in [4.69, 9.17) is 12.2 Å². The summed E-state index contributed by atoms with van der Waals surface area (Å²) in [5.41, 5.74) is 0.804. The third-order valence-electron chi connectivity index (χ3n) is 3.69. The number of benzene rings is 1. The van der Waals surface area contributed by atoms with Gasteiger partial charge in [0.15, 0.2) is 5.11 Å². The molecular weight excluding hydrogens is 318 g/mol. The van der Waals surface area contributed by atoms with E-state index in [0.717, 1.165) is 25.2 Å². The van der Waals surface area contributed by atoms with Crippen molar-refractivity contribution in [3.05, 3.63) is 24.3 Å². The highest BCUT2D eigenvalue weighted by molar-refractivity contribution is 7.89. The number of hydrogen-bond donors (Lipinski definition) is 2. The maximum atomic E-state index is 11.9. The van der Waals surface area contributed by atoms with Crippen molar-refractivity contribution in [2.24, 2.45) is 5.92 Å². The van der Waals surface area contributed by atoms with Gasteiger partial charge in [-0.25, -0.2) is 13.1 Å². The monoisotopic (exact) mass is 341 g/mol. The Bertz CT molecular complexity index is 614. The second kappa shape index (κ2) is 7.39. The van der Waals surface area contributed by atoms with Crippen LogP contribution in [0.25, 0.3) is 0 Å². The zero-order valence-electron chi connectivity index (χ0n) is 13.0. The number of piperidine rings is 1. The minimum Gasteiger partial charge on any atom is -0.349 e. The molecule has 7 heteroatoms. The molecule has 2 N–H and O–H groups in total. The molecule has 0 aromatic heterocycles. The molecule has 1 atom stereocenters. The molecule has 1 unspecified atom stereocenters. The van der Waals surface area contributed by atoms with Gasteiger partial charge in [-0.05, 0) is 55.2 Å². The Morgan fingerprint density at radius 2 is 2.05 bits per heavy atom. The quantitative estimate of drug-likeness (QED) is 0.824. The van der Waals surface area contributed by atoms with Crippen molar-refractivity contribution < 1.29 is 8.42 Å². The van der Waals surface area contributed by atoms with Crippen LogP contribution in [0.15, 0.2) is 29.2 Å². The van der Waals surface area contributed by atoms with Crippen molar-refractivity contribution in [2.75, 3.05) is 25.0 Å². The number of sulfonamides is 1. The maximum absolute atomic E-state index is 11.9. The Labute approximate surface area is 138 Å². The van der Waals surface area contributed by atoms with Crippen molar-refractivity contribution in [1.82, 2.24) is 9.62 Å². The van der Waals surface area contributed by atoms with Crippen LogP contribution in [0.2, 0.25) is 0 Å². The van der Waals surface area contributed by atoms with E-state index < -0.39 is 10.0 Å². The summed E-state index contributed by atoms with van der Waals surface area (Å²) in [6.45, 7) is 6.31. The summed E-state index contributed by atoms with van der Waals surface area (Å²) in [4.78, 5) is 2.43. The van der Waals surface area contributed by atoms with Gasteiger partial charge in [-0.1, -0.05) is 13.8 Å². The van der Waals surface area contributed by atoms with Crippen molar-refractivity contribution in [2.45, 2.75) is 31.6 Å². The highest BCUT2D eigenvalue weighted by atomic mass is 32.2. The number of nitrogens with one attached hydrogen (secondary N) is 2. The Morgan fingerprint density at radius 1 is 1.36 bits per heavy atom. The van der Waals surface area contributed by atoms with Crippen molar-refractivity contribution in [3.63, 3.8) is 0 Å². The van der Waals surface area contributed by atoms with Crippen LogP contribution >= 0.6 is 12.2 Å². The van der Waals surface area contributed by atoms with E-state index in [1.165, 1.54) is 6.42 Å². The standard InChI is InChI=1S/C15H23N3O2S2/c1-3-16-22(19,20)14-8-6-13(7-9-14)17-15(21)18-10-4-5-12(2)11-18/h6-9,12,16H,3-5,10-11H2,1-2H3,(H,17,21). The van der Waals surface area contributed by atoms with Gasteiger partial charge in [0.1, 0.15) is 0 Å². The molecular formula is C15H23N3O2S2. The van der Waals surface area contributed by atoms with Crippen LogP contribution in [-0.2, 0) is 10.0 Å². The molecule has 1 aliphatic rings. The number of likely N-dealkylation sites (tertiary alicyclic amines) is 1. The summed E-state index contributed by atoms with van der Waals surface area (Å²) in [6, 6.07) is 6.65. The van der Waals surface area contributed by atoms with Crippen LogP contribution in [-0.4, -0.2) is 38.1 Å². The van der Waals surface area contributed by atoms with Crippen molar-refractivity contribution in [3.8, 4) is 0 Å². The lowest BCUT2D eigenvalue weighted by Gasteiger charge is -2.33. The van der Waals surface area contributed by atoms with E-state index in [1.807, 2.05) is 0 Å². The van der Waals surface area contributed by atoms with E-state index in [0.29, 0.717) is 17.6 Å². The molecule has 1 aromatic rings. The number of hydrogen-bond acceptors (Lipinski definition) is 3. The van der Waals surface area contributed by atoms with Crippen molar-refractivity contribution >= 4 is 33.0 Å². The lowest BCUT2D eigenvalue weighted by Crippen LogP contribution is -2.41. The molecule has 1 heterocycles. The zero-order chi connectivity index (χ0) is 16.2. The SMILES string of the molecule is CCNS(=O)(=O)c1ccc(NC(=S)N2CCCC(C)C2)cc1. The molecule has 2 rings (SSSR count). The van der Waals surface area contributed by atoms with Gasteiger partial charge >= 0.3 is 0 Å². The fourth-order valence-electron chi connectivity index (χ4n) is 2.57. The summed E-state index contributed by atoms with van der Waals surface area (Å²) >= 11 is 5.44. The third-order valence-corrected chi connectivity index (χ3v) is 5.62. The average molecular weight is 342 g/mol. The summed E-state index contributed by atoms with van der Waals surface area (Å²) in [5, 5.41) is 3.89. The molecule has 0 saturated carbocycles. The van der Waals surface area contributed by atoms with Crippen LogP contribution in [0, 0.1) is 5.92 Å². The van der Waals surface area contributed by atoms with E-state index in [9.17, 15) is 8.42 Å². The third kappa shape index (κ3) is 4.41. The topological polar surface area (TPSA) is 61.4 Å². The first-order chi connectivity index (χ1) is 10.4. The highest BCUT2D eigenvalue weighted by Crippen LogP contribution is 2.18. The minimum atomic E-state index is -3.40. The Morgan fingerprint density at radius 3 is 2.64 bits per heavy atom. The first kappa shape index (κ1) is 17.2. The molecule has 22 heavy (non-hydrogen) atoms. The fourth-order valence-corrected chi connectivity index (χ4v) is 3.89. The van der Waals surface area contributed by atoms with Crippen molar-refractivity contribution in [1.29, 1.82) is 0 Å². The van der Waals surface area contributed by atoms with Crippen LogP contribution in [0.1, 0.15) is 26.7 Å². The van der Waals surface area contributed by atoms with Gasteiger partial charge in [0.05, 0.1) is 4.90 Å². The Balaban J connectivity index is 2.00. The summed E-state index contributed by atoms with van der Waals surface area (Å²) in [5.74, 6) is 0.654. The summed E-state index contributed by atoms with van der Waals surface area (Å²) < 4.78 is 26.2. The van der Waals surface area contributed by atoms with Gasteiger partial charge in [-0.3, -0.25) is 0 Å². The second-order valence-corrected chi connectivity index (χ2v) is 7.80. The van der Waals surface area contributed by atoms with E-state index in [2.05, 4.69) is 21.9 Å². The van der Waals surface area contributed by atoms with Crippen LogP contribution in [0.3, 0.4) is 0 Å². The van der Waals surface area contributed by atoms with Gasteiger partial charge < -0.3 is 10.2 Å². The van der Waals surface area contributed by atoms with E-state index >= 15 is 0 Å². The van der Waals surface area contributed by atoms with E-state index in [1.54, 1.807) is 31.2 Å². The second-order valence-electron chi connectivity index (χ2n) is 5.65. The molecule has 0 radical (unpaired) electrons. The summed E-state index contributed by atoms with van der Waals surface area (Å²) in [6.07, 6.45) is 2.40. The molecule has 0 spiro atoms. The lowest BCUT2D eigenvalue weighted by atomic mass is 10.0. The predicted octanol–water partition coefficient (Wildman–Crippen LogP) is 2.41. The molecule has 122 valence electrons. The van der Waals surface area contributed by atoms with Gasteiger partial charge in [-0.2, -0.15) is 0 Å². The molecule has 5 nitrogen and oxygen atoms in total. The van der Waals surface area contributed by atoms with Gasteiger partial charge in [0.2, 0.25) is 10.0 Å². The first-order valence-corrected chi connectivity index (χ1v) is 9.47. The minimum absolute atomic E-state index is 0.261. The number of anilines is 1. The smallest absolute Gasteiger partial charge is 0.240 e. The van der Waals surface area contributed by atoms with Gasteiger partial charge in [0.25, 0.3) is 0 Å². The van der Waals surface area contributed by atoms with Gasteiger partial charge in [-0.15, -0.1) is 0 Å². The molecule has 0 amide bonds. The molecule has 0 bridgehead atoms. The molecule has 1 saturated heterocycles. The lowest BCUT2D eigenvalue weighted by molar-refractivity contribution is 0.276. The number of thiocarbonyl (C=S) groups is 1. The average Bonchev–Trinajstić information content (AvgIpc) is 2.47. The molecule has 1 aromatic carbocycles. The number of rotatable bonds is 4. The normalized spacial score (nSPS) is 19.0. The maximum Gasteiger partial charge on any atom is 0.240 e. The van der Waals surface area contributed by atoms with E-state index in [-0.39, 0.29) is 4.90 Å². The first-order valence-electron chi connectivity index (χ1n) is 7.58. The Kier molecular flexibility index (Phi) is 5.77. The molecule has 1 fully saturated rings. The predicted molar refractivity (Wildman–Crippen MR) is 93.5 cm³/mol. The number of nitrogens with zero attached hydrogens (tertiary/aromatic N) is 1. The van der Waals surface area contributed by atoms with Crippen LogP contribution in [0.4, 0.5) is 5.69 Å². The Hall–Kier alpha value is -1.18. The molecule has 1 aliphatic heterocycles. The fraction of sp³-hybridized carbons (Fsp3) is 0.533. The highest BCUT2D eigenvalue weighted by Gasteiger charge is 2.18. The van der Waals surface area contributed by atoms with Crippen LogP contribution < -0.4 is 10.0 Å². The zero-order valence-corrected chi connectivity index (χ0v) is 14.6. The molecule has 0 aliphatic carbocycles. The van der Waals surface area contributed by atoms with Gasteiger partial charge in [0, 0.05) is 25.3 Å². The summed E-state index contributed by atoms with van der Waals surface area (Å²) in [7, 11) is -3.40.